The van der Waals surface area contributed by atoms with Gasteiger partial charge in [0, 0.05) is 19.6 Å². The van der Waals surface area contributed by atoms with E-state index in [4.69, 9.17) is 0 Å². The highest BCUT2D eigenvalue weighted by Crippen LogP contribution is 2.19. The van der Waals surface area contributed by atoms with Crippen molar-refractivity contribution in [2.45, 2.75) is 25.1 Å². The summed E-state index contributed by atoms with van der Waals surface area (Å²) in [4.78, 5) is 2.21. The van der Waals surface area contributed by atoms with Crippen molar-refractivity contribution in [1.82, 2.24) is 9.62 Å². The first-order chi connectivity index (χ1) is 8.12. The third-order valence-electron chi connectivity index (χ3n) is 3.00. The van der Waals surface area contributed by atoms with E-state index >= 15 is 0 Å². The first-order valence-electron chi connectivity index (χ1n) is 5.83. The first-order valence-corrected chi connectivity index (χ1v) is 8.32. The Morgan fingerprint density at radius 2 is 2.41 bits per heavy atom. The predicted octanol–water partition coefficient (Wildman–Crippen LogP) is 1.26. The smallest absolute Gasteiger partial charge is 0.215 e. The van der Waals surface area contributed by atoms with Crippen LogP contribution in [0.5, 0.6) is 0 Å². The Kier molecular flexibility index (Phi) is 4.19. The molecule has 4 nitrogen and oxygen atoms in total. The predicted molar refractivity (Wildman–Crippen MR) is 70.6 cm³/mol. The van der Waals surface area contributed by atoms with E-state index in [0.717, 1.165) is 19.5 Å². The largest absolute Gasteiger partial charge is 0.298 e. The van der Waals surface area contributed by atoms with Crippen molar-refractivity contribution in [3.8, 4) is 0 Å². The van der Waals surface area contributed by atoms with Crippen molar-refractivity contribution in [3.05, 3.63) is 22.4 Å². The fraction of sp³-hybridized carbons (Fsp3) is 0.636. The zero-order valence-electron chi connectivity index (χ0n) is 9.93. The fourth-order valence-corrected chi connectivity index (χ4v) is 4.27. The van der Waals surface area contributed by atoms with Crippen LogP contribution in [0.2, 0.25) is 0 Å². The Morgan fingerprint density at radius 3 is 3.06 bits per heavy atom. The van der Waals surface area contributed by atoms with Crippen molar-refractivity contribution >= 4 is 21.4 Å². The molecule has 0 bridgehead atoms. The first kappa shape index (κ1) is 13.0. The van der Waals surface area contributed by atoms with Crippen LogP contribution in [0.15, 0.2) is 16.8 Å². The van der Waals surface area contributed by atoms with E-state index in [1.165, 1.54) is 5.56 Å². The quantitative estimate of drug-likeness (QED) is 0.879. The fourth-order valence-electron chi connectivity index (χ4n) is 2.15. The van der Waals surface area contributed by atoms with Crippen LogP contribution in [-0.4, -0.2) is 38.2 Å². The third kappa shape index (κ3) is 3.28. The summed E-state index contributed by atoms with van der Waals surface area (Å²) < 4.78 is 26.3. The number of nitrogens with one attached hydrogen (secondary N) is 1. The van der Waals surface area contributed by atoms with Gasteiger partial charge in [-0.15, -0.1) is 0 Å². The Morgan fingerprint density at radius 1 is 1.59 bits per heavy atom. The lowest BCUT2D eigenvalue weighted by molar-refractivity contribution is 0.331. The van der Waals surface area contributed by atoms with Crippen molar-refractivity contribution < 1.29 is 8.42 Å². The summed E-state index contributed by atoms with van der Waals surface area (Å²) in [5.74, 6) is 0. The number of hydrogen-bond donors (Lipinski definition) is 1. The Labute approximate surface area is 107 Å². The minimum absolute atomic E-state index is 0.249. The second-order valence-corrected chi connectivity index (χ2v) is 7.15. The summed E-state index contributed by atoms with van der Waals surface area (Å²) in [6.07, 6.45) is 0.736. The van der Waals surface area contributed by atoms with Crippen molar-refractivity contribution in [2.24, 2.45) is 0 Å². The van der Waals surface area contributed by atoms with Gasteiger partial charge in [-0.3, -0.25) is 4.90 Å². The third-order valence-corrected chi connectivity index (χ3v) is 5.69. The van der Waals surface area contributed by atoms with E-state index in [-0.39, 0.29) is 5.25 Å². The molecule has 0 unspecified atom stereocenters. The summed E-state index contributed by atoms with van der Waals surface area (Å²) in [5, 5.41) is 3.92. The monoisotopic (exact) mass is 274 g/mol. The van der Waals surface area contributed by atoms with Gasteiger partial charge < -0.3 is 0 Å². The normalized spacial score (nSPS) is 22.1. The molecule has 2 heterocycles. The maximum atomic E-state index is 11.8. The average Bonchev–Trinajstić information content (AvgIpc) is 2.89. The molecule has 1 aliphatic heterocycles. The molecule has 1 N–H and O–H groups in total. The zero-order valence-corrected chi connectivity index (χ0v) is 11.6. The van der Waals surface area contributed by atoms with Gasteiger partial charge in [0.15, 0.2) is 0 Å². The summed E-state index contributed by atoms with van der Waals surface area (Å²) >= 11 is 1.68. The van der Waals surface area contributed by atoms with Crippen LogP contribution in [0, 0.1) is 0 Å². The molecular weight excluding hydrogens is 256 g/mol. The zero-order chi connectivity index (χ0) is 12.3. The number of nitrogens with zero attached hydrogens (tertiary/aromatic N) is 1. The highest BCUT2D eigenvalue weighted by molar-refractivity contribution is 7.90. The van der Waals surface area contributed by atoms with Gasteiger partial charge in [0.05, 0.1) is 5.25 Å². The second kappa shape index (κ2) is 5.48. The minimum Gasteiger partial charge on any atom is -0.298 e. The Balaban J connectivity index is 1.91. The summed E-state index contributed by atoms with van der Waals surface area (Å²) in [6.45, 7) is 4.66. The number of rotatable bonds is 5. The molecule has 1 saturated heterocycles. The Hall–Kier alpha value is -0.430. The van der Waals surface area contributed by atoms with E-state index in [9.17, 15) is 8.42 Å². The molecule has 17 heavy (non-hydrogen) atoms. The summed E-state index contributed by atoms with van der Waals surface area (Å²) in [7, 11) is -3.11. The molecule has 0 spiro atoms. The second-order valence-electron chi connectivity index (χ2n) is 4.32. The molecule has 0 saturated carbocycles. The SMILES string of the molecule is CCNS(=O)(=O)[C@@H]1CCN(Cc2ccsc2)C1. The highest BCUT2D eigenvalue weighted by Gasteiger charge is 2.32. The number of thiophene rings is 1. The van der Waals surface area contributed by atoms with Gasteiger partial charge in [0.2, 0.25) is 10.0 Å². The molecule has 1 aromatic heterocycles. The van der Waals surface area contributed by atoms with Gasteiger partial charge in [0.25, 0.3) is 0 Å². The lowest BCUT2D eigenvalue weighted by Gasteiger charge is -2.15. The van der Waals surface area contributed by atoms with Gasteiger partial charge in [-0.2, -0.15) is 11.3 Å². The van der Waals surface area contributed by atoms with E-state index in [1.807, 2.05) is 6.92 Å². The van der Waals surface area contributed by atoms with Gasteiger partial charge in [-0.25, -0.2) is 13.1 Å². The minimum atomic E-state index is -3.11. The standard InChI is InChI=1S/C11H18N2O2S2/c1-2-12-17(14,15)11-3-5-13(8-11)7-10-4-6-16-9-10/h4,6,9,11-12H,2-3,5,7-8H2,1H3/t11-/m1/s1. The topological polar surface area (TPSA) is 49.4 Å². The van der Waals surface area contributed by atoms with Crippen molar-refractivity contribution in [2.75, 3.05) is 19.6 Å². The maximum absolute atomic E-state index is 11.8. The van der Waals surface area contributed by atoms with E-state index in [1.54, 1.807) is 11.3 Å². The lowest BCUT2D eigenvalue weighted by Crippen LogP contribution is -2.36. The summed E-state index contributed by atoms with van der Waals surface area (Å²) in [5.41, 5.74) is 1.27. The van der Waals surface area contributed by atoms with E-state index in [0.29, 0.717) is 13.1 Å². The lowest BCUT2D eigenvalue weighted by atomic mass is 10.3. The molecule has 6 heteroatoms. The number of sulfonamides is 1. The molecule has 1 aliphatic rings. The van der Waals surface area contributed by atoms with Gasteiger partial charge in [0.1, 0.15) is 0 Å². The maximum Gasteiger partial charge on any atom is 0.215 e. The molecule has 0 radical (unpaired) electrons. The average molecular weight is 274 g/mol. The van der Waals surface area contributed by atoms with Crippen molar-refractivity contribution in [1.29, 1.82) is 0 Å². The van der Waals surface area contributed by atoms with Gasteiger partial charge in [-0.05, 0) is 35.4 Å². The molecule has 2 rings (SSSR count). The molecule has 0 aromatic carbocycles. The van der Waals surface area contributed by atoms with Gasteiger partial charge >= 0.3 is 0 Å². The van der Waals surface area contributed by atoms with Crippen molar-refractivity contribution in [3.63, 3.8) is 0 Å². The number of likely N-dealkylation sites (tertiary alicyclic amines) is 1. The van der Waals surface area contributed by atoms with Crippen LogP contribution in [0.1, 0.15) is 18.9 Å². The highest BCUT2D eigenvalue weighted by atomic mass is 32.2. The molecule has 96 valence electrons. The van der Waals surface area contributed by atoms with E-state index < -0.39 is 10.0 Å². The Bertz CT molecular complexity index is 442. The molecule has 1 atom stereocenters. The van der Waals surface area contributed by atoms with Gasteiger partial charge in [-0.1, -0.05) is 6.92 Å². The molecule has 1 fully saturated rings. The molecule has 0 amide bonds. The van der Waals surface area contributed by atoms with E-state index in [2.05, 4.69) is 26.4 Å². The molecular formula is C11H18N2O2S2. The van der Waals surface area contributed by atoms with Crippen LogP contribution < -0.4 is 4.72 Å². The van der Waals surface area contributed by atoms with Crippen LogP contribution in [0.25, 0.3) is 0 Å². The molecule has 0 aliphatic carbocycles. The van der Waals surface area contributed by atoms with Crippen LogP contribution >= 0.6 is 11.3 Å². The molecule has 1 aromatic rings. The number of hydrogen-bond acceptors (Lipinski definition) is 4. The van der Waals surface area contributed by atoms with Crippen LogP contribution in [0.4, 0.5) is 0 Å². The summed E-state index contributed by atoms with van der Waals surface area (Å²) in [6, 6.07) is 2.09. The van der Waals surface area contributed by atoms with Crippen LogP contribution in [0.3, 0.4) is 0 Å². The van der Waals surface area contributed by atoms with Crippen LogP contribution in [-0.2, 0) is 16.6 Å².